The third kappa shape index (κ3) is 4.11. The van der Waals surface area contributed by atoms with Crippen molar-refractivity contribution in [2.75, 3.05) is 23.8 Å². The molecule has 122 valence electrons. The van der Waals surface area contributed by atoms with Gasteiger partial charge in [0.2, 0.25) is 0 Å². The van der Waals surface area contributed by atoms with Crippen LogP contribution in [0.25, 0.3) is 10.9 Å². The van der Waals surface area contributed by atoms with E-state index in [1.165, 1.54) is 6.33 Å². The lowest BCUT2D eigenvalue weighted by Crippen LogP contribution is -2.18. The molecule has 6 nitrogen and oxygen atoms in total. The highest BCUT2D eigenvalue weighted by Crippen LogP contribution is 2.18. The maximum Gasteiger partial charge on any atom is 0.411 e. The fourth-order valence-electron chi connectivity index (χ4n) is 2.15. The molecule has 0 aliphatic rings. The number of amides is 1. The highest BCUT2D eigenvalue weighted by molar-refractivity contribution is 6.30. The van der Waals surface area contributed by atoms with Gasteiger partial charge in [-0.05, 0) is 36.4 Å². The van der Waals surface area contributed by atoms with Gasteiger partial charge in [0.1, 0.15) is 18.8 Å². The highest BCUT2D eigenvalue weighted by Gasteiger charge is 2.05. The second-order valence-electron chi connectivity index (χ2n) is 4.93. The van der Waals surface area contributed by atoms with Crippen LogP contribution in [0.2, 0.25) is 5.02 Å². The first-order valence-electron chi connectivity index (χ1n) is 7.35. The number of para-hydroxylation sites is 1. The van der Waals surface area contributed by atoms with Gasteiger partial charge in [-0.3, -0.25) is 5.32 Å². The average molecular weight is 343 g/mol. The molecular weight excluding hydrogens is 328 g/mol. The third-order valence-corrected chi connectivity index (χ3v) is 3.51. The topological polar surface area (TPSA) is 76.1 Å². The summed E-state index contributed by atoms with van der Waals surface area (Å²) in [6.07, 6.45) is 0.977. The van der Waals surface area contributed by atoms with E-state index in [1.807, 2.05) is 24.3 Å². The average Bonchev–Trinajstić information content (AvgIpc) is 2.61. The lowest BCUT2D eigenvalue weighted by atomic mass is 10.2. The number of halogens is 1. The molecule has 0 unspecified atom stereocenters. The molecule has 3 rings (SSSR count). The van der Waals surface area contributed by atoms with Gasteiger partial charge in [0.25, 0.3) is 0 Å². The molecule has 0 spiro atoms. The monoisotopic (exact) mass is 342 g/mol. The molecule has 2 aromatic carbocycles. The van der Waals surface area contributed by atoms with Crippen LogP contribution in [0.4, 0.5) is 16.3 Å². The van der Waals surface area contributed by atoms with E-state index in [4.69, 9.17) is 16.3 Å². The summed E-state index contributed by atoms with van der Waals surface area (Å²) in [6, 6.07) is 14.5. The molecule has 0 saturated carbocycles. The predicted octanol–water partition coefficient (Wildman–Crippen LogP) is 3.94. The van der Waals surface area contributed by atoms with Crippen molar-refractivity contribution in [3.05, 3.63) is 59.9 Å². The van der Waals surface area contributed by atoms with Crippen LogP contribution in [0.15, 0.2) is 54.9 Å². The van der Waals surface area contributed by atoms with E-state index >= 15 is 0 Å². The fourth-order valence-corrected chi connectivity index (χ4v) is 2.27. The number of ether oxygens (including phenoxy) is 1. The van der Waals surface area contributed by atoms with E-state index < -0.39 is 6.09 Å². The summed E-state index contributed by atoms with van der Waals surface area (Å²) in [5.41, 5.74) is 1.48. The van der Waals surface area contributed by atoms with Crippen molar-refractivity contribution >= 4 is 40.1 Å². The van der Waals surface area contributed by atoms with Gasteiger partial charge in [0, 0.05) is 16.1 Å². The summed E-state index contributed by atoms with van der Waals surface area (Å²) in [4.78, 5) is 20.1. The number of rotatable bonds is 5. The first-order valence-corrected chi connectivity index (χ1v) is 7.73. The quantitative estimate of drug-likeness (QED) is 0.687. The van der Waals surface area contributed by atoms with Gasteiger partial charge in [-0.2, -0.15) is 0 Å². The zero-order valence-corrected chi connectivity index (χ0v) is 13.5. The molecule has 0 saturated heterocycles. The number of carbonyl (C=O) groups is 1. The van der Waals surface area contributed by atoms with Crippen LogP contribution in [0, 0.1) is 0 Å². The zero-order chi connectivity index (χ0) is 16.8. The van der Waals surface area contributed by atoms with E-state index in [0.717, 1.165) is 10.9 Å². The summed E-state index contributed by atoms with van der Waals surface area (Å²) in [7, 11) is 0. The minimum Gasteiger partial charge on any atom is -0.447 e. The summed E-state index contributed by atoms with van der Waals surface area (Å²) >= 11 is 5.79. The molecule has 24 heavy (non-hydrogen) atoms. The van der Waals surface area contributed by atoms with E-state index in [9.17, 15) is 4.79 Å². The van der Waals surface area contributed by atoms with E-state index in [2.05, 4.69) is 20.6 Å². The van der Waals surface area contributed by atoms with Crippen molar-refractivity contribution < 1.29 is 9.53 Å². The molecule has 0 radical (unpaired) electrons. The number of nitrogens with zero attached hydrogens (tertiary/aromatic N) is 2. The Balaban J connectivity index is 1.48. The smallest absolute Gasteiger partial charge is 0.411 e. The largest absolute Gasteiger partial charge is 0.447 e. The van der Waals surface area contributed by atoms with Gasteiger partial charge < -0.3 is 10.1 Å². The maximum absolute atomic E-state index is 11.7. The first-order chi connectivity index (χ1) is 11.7. The van der Waals surface area contributed by atoms with Crippen LogP contribution in [0.3, 0.4) is 0 Å². The Morgan fingerprint density at radius 2 is 1.88 bits per heavy atom. The minimum atomic E-state index is -0.522. The van der Waals surface area contributed by atoms with Gasteiger partial charge in [-0.25, -0.2) is 14.8 Å². The maximum atomic E-state index is 11.7. The number of benzene rings is 2. The molecule has 0 aliphatic heterocycles. The predicted molar refractivity (Wildman–Crippen MR) is 94.5 cm³/mol. The lowest BCUT2D eigenvalue weighted by Gasteiger charge is -2.09. The van der Waals surface area contributed by atoms with Gasteiger partial charge in [-0.1, -0.05) is 23.7 Å². The van der Waals surface area contributed by atoms with Crippen LogP contribution in [0.1, 0.15) is 0 Å². The van der Waals surface area contributed by atoms with Crippen molar-refractivity contribution in [3.63, 3.8) is 0 Å². The van der Waals surface area contributed by atoms with E-state index in [1.54, 1.807) is 24.3 Å². The van der Waals surface area contributed by atoms with Crippen LogP contribution < -0.4 is 10.6 Å². The minimum absolute atomic E-state index is 0.206. The molecule has 1 aromatic heterocycles. The number of anilines is 2. The van der Waals surface area contributed by atoms with Crippen LogP contribution in [-0.4, -0.2) is 29.2 Å². The molecule has 7 heteroatoms. The van der Waals surface area contributed by atoms with Gasteiger partial charge in [0.15, 0.2) is 0 Å². The zero-order valence-electron chi connectivity index (χ0n) is 12.7. The molecule has 1 heterocycles. The number of nitrogens with one attached hydrogen (secondary N) is 2. The van der Waals surface area contributed by atoms with Crippen LogP contribution in [-0.2, 0) is 4.74 Å². The van der Waals surface area contributed by atoms with Crippen molar-refractivity contribution in [1.29, 1.82) is 0 Å². The van der Waals surface area contributed by atoms with Gasteiger partial charge >= 0.3 is 6.09 Å². The Hall–Kier alpha value is -2.86. The highest BCUT2D eigenvalue weighted by atomic mass is 35.5. The first kappa shape index (κ1) is 16.0. The number of aromatic nitrogens is 2. The molecule has 1 amide bonds. The Labute approximate surface area is 143 Å². The Morgan fingerprint density at radius 3 is 2.71 bits per heavy atom. The Kier molecular flexibility index (Phi) is 5.08. The standard InChI is InChI=1S/C17H15ClN4O2/c18-12-5-7-13(8-6-12)22-17(23)24-10-9-19-16-14-3-1-2-4-15(14)20-11-21-16/h1-8,11H,9-10H2,(H,22,23)(H,19,20,21). The Morgan fingerprint density at radius 1 is 1.08 bits per heavy atom. The molecular formula is C17H15ClN4O2. The molecule has 3 aromatic rings. The van der Waals surface area contributed by atoms with Crippen LogP contribution >= 0.6 is 11.6 Å². The van der Waals surface area contributed by atoms with Crippen molar-refractivity contribution in [2.45, 2.75) is 0 Å². The summed E-state index contributed by atoms with van der Waals surface area (Å²) in [5.74, 6) is 0.710. The van der Waals surface area contributed by atoms with E-state index in [-0.39, 0.29) is 6.61 Å². The fraction of sp³-hybridized carbons (Fsp3) is 0.118. The normalized spacial score (nSPS) is 10.4. The molecule has 2 N–H and O–H groups in total. The summed E-state index contributed by atoms with van der Waals surface area (Å²) in [5, 5.41) is 7.29. The van der Waals surface area contributed by atoms with Crippen molar-refractivity contribution in [1.82, 2.24) is 9.97 Å². The number of hydrogen-bond donors (Lipinski definition) is 2. The third-order valence-electron chi connectivity index (χ3n) is 3.26. The molecule has 0 bridgehead atoms. The molecule has 0 fully saturated rings. The van der Waals surface area contributed by atoms with Gasteiger partial charge in [0.05, 0.1) is 12.1 Å². The molecule has 0 atom stereocenters. The van der Waals surface area contributed by atoms with Crippen LogP contribution in [0.5, 0.6) is 0 Å². The second-order valence-corrected chi connectivity index (χ2v) is 5.37. The number of hydrogen-bond acceptors (Lipinski definition) is 5. The number of carbonyl (C=O) groups excluding carboxylic acids is 1. The van der Waals surface area contributed by atoms with Crippen molar-refractivity contribution in [3.8, 4) is 0 Å². The Bertz CT molecular complexity index is 834. The lowest BCUT2D eigenvalue weighted by molar-refractivity contribution is 0.166. The summed E-state index contributed by atoms with van der Waals surface area (Å²) in [6.45, 7) is 0.646. The van der Waals surface area contributed by atoms with Gasteiger partial charge in [-0.15, -0.1) is 0 Å². The summed E-state index contributed by atoms with van der Waals surface area (Å²) < 4.78 is 5.12. The second kappa shape index (κ2) is 7.61. The van der Waals surface area contributed by atoms with Crippen molar-refractivity contribution in [2.24, 2.45) is 0 Å². The SMILES string of the molecule is O=C(Nc1ccc(Cl)cc1)OCCNc1ncnc2ccccc12. The van der Waals surface area contributed by atoms with E-state index in [0.29, 0.717) is 23.1 Å². The molecule has 0 aliphatic carbocycles. The number of fused-ring (bicyclic) bond motifs is 1.